The SMILES string of the molecule is CCC(CC)C(CC1OCCO1)NC. The number of nitrogens with one attached hydrogen (secondary N) is 1. The molecule has 0 amide bonds. The van der Waals surface area contributed by atoms with Crippen LogP contribution in [0.15, 0.2) is 0 Å². The van der Waals surface area contributed by atoms with Gasteiger partial charge in [0.05, 0.1) is 13.2 Å². The molecule has 0 aromatic rings. The van der Waals surface area contributed by atoms with E-state index in [9.17, 15) is 0 Å². The molecule has 0 saturated carbocycles. The second-order valence-corrected chi connectivity index (χ2v) is 3.88. The molecule has 0 spiro atoms. The lowest BCUT2D eigenvalue weighted by Gasteiger charge is -2.26. The van der Waals surface area contributed by atoms with Gasteiger partial charge in [0.2, 0.25) is 0 Å². The molecule has 1 N–H and O–H groups in total. The highest BCUT2D eigenvalue weighted by Gasteiger charge is 2.24. The van der Waals surface area contributed by atoms with E-state index in [0.717, 1.165) is 25.6 Å². The Morgan fingerprint density at radius 2 is 1.79 bits per heavy atom. The molecule has 3 heteroatoms. The van der Waals surface area contributed by atoms with Crippen LogP contribution in [0.3, 0.4) is 0 Å². The average Bonchev–Trinajstić information content (AvgIpc) is 2.70. The molecule has 0 aromatic carbocycles. The highest BCUT2D eigenvalue weighted by Crippen LogP contribution is 2.20. The third-order valence-electron chi connectivity index (χ3n) is 3.13. The fourth-order valence-corrected chi connectivity index (χ4v) is 2.15. The Bertz CT molecular complexity index is 142. The second kappa shape index (κ2) is 6.38. The first-order chi connectivity index (χ1) is 6.81. The number of hydrogen-bond donors (Lipinski definition) is 1. The van der Waals surface area contributed by atoms with Crippen LogP contribution in [0, 0.1) is 5.92 Å². The standard InChI is InChI=1S/C11H23NO2/c1-4-9(5-2)10(12-3)8-11-13-6-7-14-11/h9-12H,4-8H2,1-3H3. The van der Waals surface area contributed by atoms with Crippen LogP contribution in [0.25, 0.3) is 0 Å². The molecule has 1 fully saturated rings. The van der Waals surface area contributed by atoms with Crippen molar-refractivity contribution in [3.05, 3.63) is 0 Å². The van der Waals surface area contributed by atoms with Crippen LogP contribution in [0.4, 0.5) is 0 Å². The summed E-state index contributed by atoms with van der Waals surface area (Å²) in [5.74, 6) is 0.729. The number of ether oxygens (including phenoxy) is 2. The van der Waals surface area contributed by atoms with Crippen molar-refractivity contribution in [2.24, 2.45) is 5.92 Å². The summed E-state index contributed by atoms with van der Waals surface area (Å²) in [5, 5.41) is 3.37. The van der Waals surface area contributed by atoms with Gasteiger partial charge in [0, 0.05) is 12.5 Å². The van der Waals surface area contributed by atoms with Crippen molar-refractivity contribution < 1.29 is 9.47 Å². The van der Waals surface area contributed by atoms with Gasteiger partial charge in [-0.2, -0.15) is 0 Å². The Labute approximate surface area is 87.2 Å². The number of hydrogen-bond acceptors (Lipinski definition) is 3. The predicted octanol–water partition coefficient (Wildman–Crippen LogP) is 1.77. The molecule has 1 rings (SSSR count). The van der Waals surface area contributed by atoms with Crippen molar-refractivity contribution in [1.29, 1.82) is 0 Å². The molecule has 1 atom stereocenters. The van der Waals surface area contributed by atoms with E-state index in [2.05, 4.69) is 19.2 Å². The quantitative estimate of drug-likeness (QED) is 0.710. The summed E-state index contributed by atoms with van der Waals surface area (Å²) in [6.45, 7) is 6.00. The molecule has 1 saturated heterocycles. The summed E-state index contributed by atoms with van der Waals surface area (Å²) in [7, 11) is 2.03. The van der Waals surface area contributed by atoms with Crippen LogP contribution in [0.1, 0.15) is 33.1 Å². The van der Waals surface area contributed by atoms with Crippen LogP contribution in [0.5, 0.6) is 0 Å². The van der Waals surface area contributed by atoms with Crippen molar-refractivity contribution in [2.75, 3.05) is 20.3 Å². The van der Waals surface area contributed by atoms with Gasteiger partial charge in [-0.25, -0.2) is 0 Å². The first-order valence-electron chi connectivity index (χ1n) is 5.72. The molecule has 0 radical (unpaired) electrons. The van der Waals surface area contributed by atoms with Crippen molar-refractivity contribution in [2.45, 2.75) is 45.4 Å². The Kier molecular flexibility index (Phi) is 5.45. The minimum absolute atomic E-state index is 0.0213. The summed E-state index contributed by atoms with van der Waals surface area (Å²) in [5.41, 5.74) is 0. The summed E-state index contributed by atoms with van der Waals surface area (Å²) < 4.78 is 10.9. The van der Waals surface area contributed by atoms with Gasteiger partial charge in [-0.1, -0.05) is 26.7 Å². The minimum Gasteiger partial charge on any atom is -0.350 e. The topological polar surface area (TPSA) is 30.5 Å². The van der Waals surface area contributed by atoms with Crippen LogP contribution < -0.4 is 5.32 Å². The van der Waals surface area contributed by atoms with Gasteiger partial charge in [0.25, 0.3) is 0 Å². The smallest absolute Gasteiger partial charge is 0.159 e. The van der Waals surface area contributed by atoms with Gasteiger partial charge in [-0.3, -0.25) is 0 Å². The fourth-order valence-electron chi connectivity index (χ4n) is 2.15. The molecule has 0 bridgehead atoms. The fraction of sp³-hybridized carbons (Fsp3) is 1.00. The maximum atomic E-state index is 5.46. The molecule has 0 aliphatic carbocycles. The van der Waals surface area contributed by atoms with E-state index in [1.54, 1.807) is 0 Å². The molecular formula is C11H23NO2. The number of rotatable bonds is 6. The summed E-state index contributed by atoms with van der Waals surface area (Å²) in [4.78, 5) is 0. The van der Waals surface area contributed by atoms with E-state index in [-0.39, 0.29) is 6.29 Å². The lowest BCUT2D eigenvalue weighted by molar-refractivity contribution is -0.0562. The zero-order valence-electron chi connectivity index (χ0n) is 9.58. The van der Waals surface area contributed by atoms with Gasteiger partial charge < -0.3 is 14.8 Å². The second-order valence-electron chi connectivity index (χ2n) is 3.88. The Morgan fingerprint density at radius 3 is 2.21 bits per heavy atom. The first-order valence-corrected chi connectivity index (χ1v) is 5.72. The van der Waals surface area contributed by atoms with Crippen LogP contribution in [0.2, 0.25) is 0 Å². The third-order valence-corrected chi connectivity index (χ3v) is 3.13. The summed E-state index contributed by atoms with van der Waals surface area (Å²) in [6.07, 6.45) is 3.43. The van der Waals surface area contributed by atoms with E-state index >= 15 is 0 Å². The van der Waals surface area contributed by atoms with Gasteiger partial charge in [0.1, 0.15) is 0 Å². The average molecular weight is 201 g/mol. The van der Waals surface area contributed by atoms with Crippen molar-refractivity contribution in [3.63, 3.8) is 0 Å². The lowest BCUT2D eigenvalue weighted by Crippen LogP contribution is -2.36. The molecule has 1 aliphatic rings. The summed E-state index contributed by atoms with van der Waals surface area (Å²) >= 11 is 0. The Hall–Kier alpha value is -0.120. The molecule has 84 valence electrons. The predicted molar refractivity (Wildman–Crippen MR) is 57.2 cm³/mol. The van der Waals surface area contributed by atoms with Gasteiger partial charge >= 0.3 is 0 Å². The summed E-state index contributed by atoms with van der Waals surface area (Å²) in [6, 6.07) is 0.521. The van der Waals surface area contributed by atoms with Crippen molar-refractivity contribution in [3.8, 4) is 0 Å². The molecule has 1 aliphatic heterocycles. The van der Waals surface area contributed by atoms with E-state index < -0.39 is 0 Å². The minimum atomic E-state index is 0.0213. The maximum Gasteiger partial charge on any atom is 0.159 e. The molecular weight excluding hydrogens is 178 g/mol. The molecule has 1 unspecified atom stereocenters. The zero-order chi connectivity index (χ0) is 10.4. The first kappa shape index (κ1) is 12.0. The monoisotopic (exact) mass is 201 g/mol. The largest absolute Gasteiger partial charge is 0.350 e. The maximum absolute atomic E-state index is 5.46. The third kappa shape index (κ3) is 3.23. The van der Waals surface area contributed by atoms with Crippen LogP contribution >= 0.6 is 0 Å². The van der Waals surface area contributed by atoms with Gasteiger partial charge in [-0.15, -0.1) is 0 Å². The van der Waals surface area contributed by atoms with E-state index in [1.165, 1.54) is 12.8 Å². The van der Waals surface area contributed by atoms with Crippen molar-refractivity contribution in [1.82, 2.24) is 5.32 Å². The highest BCUT2D eigenvalue weighted by atomic mass is 16.7. The van der Waals surface area contributed by atoms with Crippen LogP contribution in [-0.4, -0.2) is 32.6 Å². The van der Waals surface area contributed by atoms with E-state index in [0.29, 0.717) is 6.04 Å². The van der Waals surface area contributed by atoms with E-state index in [4.69, 9.17) is 9.47 Å². The Morgan fingerprint density at radius 1 is 1.21 bits per heavy atom. The Balaban J connectivity index is 2.35. The van der Waals surface area contributed by atoms with Crippen LogP contribution in [-0.2, 0) is 9.47 Å². The molecule has 3 nitrogen and oxygen atoms in total. The molecule has 1 heterocycles. The highest BCUT2D eigenvalue weighted by molar-refractivity contribution is 4.75. The van der Waals surface area contributed by atoms with Gasteiger partial charge in [-0.05, 0) is 13.0 Å². The molecule has 0 aromatic heterocycles. The van der Waals surface area contributed by atoms with Gasteiger partial charge in [0.15, 0.2) is 6.29 Å². The van der Waals surface area contributed by atoms with Crippen molar-refractivity contribution >= 4 is 0 Å². The normalized spacial score (nSPS) is 20.6. The molecule has 14 heavy (non-hydrogen) atoms. The lowest BCUT2D eigenvalue weighted by atomic mass is 9.92. The van der Waals surface area contributed by atoms with E-state index in [1.807, 2.05) is 7.05 Å². The zero-order valence-corrected chi connectivity index (χ0v) is 9.58.